The molecule has 1 N–H and O–H groups in total. The molecule has 8 heteroatoms. The van der Waals surface area contributed by atoms with E-state index in [-0.39, 0.29) is 5.56 Å². The summed E-state index contributed by atoms with van der Waals surface area (Å²) in [6.07, 6.45) is -4.40. The molecule has 0 fully saturated rings. The fourth-order valence-electron chi connectivity index (χ4n) is 2.84. The van der Waals surface area contributed by atoms with Crippen molar-refractivity contribution in [3.63, 3.8) is 0 Å². The number of halogens is 3. The van der Waals surface area contributed by atoms with Gasteiger partial charge in [-0.1, -0.05) is 0 Å². The van der Waals surface area contributed by atoms with Crippen molar-refractivity contribution in [1.82, 2.24) is 8.94 Å². The summed E-state index contributed by atoms with van der Waals surface area (Å²) in [6.45, 7) is 0. The lowest BCUT2D eigenvalue weighted by Crippen LogP contribution is -2.05. The minimum absolute atomic E-state index is 0.131. The predicted molar refractivity (Wildman–Crippen MR) is 88.4 cm³/mol. The predicted octanol–water partition coefficient (Wildman–Crippen LogP) is 4.96. The fraction of sp³-hybridized carbons (Fsp3) is 0.0588. The first-order valence-corrected chi connectivity index (χ1v) is 7.99. The SMILES string of the molecule is O=C(O)c1ccc2c(c1)c1nscc1n2-c1ccc(C(F)(F)F)cc1. The van der Waals surface area contributed by atoms with Crippen molar-refractivity contribution in [2.45, 2.75) is 6.18 Å². The van der Waals surface area contributed by atoms with Gasteiger partial charge in [0.2, 0.25) is 0 Å². The number of aromatic carboxylic acids is 1. The zero-order valence-corrected chi connectivity index (χ0v) is 13.2. The van der Waals surface area contributed by atoms with E-state index in [0.717, 1.165) is 17.6 Å². The standard InChI is InChI=1S/C17H9F3N2O2S/c18-17(19,20)10-2-4-11(5-3-10)22-13-6-1-9(16(23)24)7-12(13)15-14(22)8-25-21-15/h1-8H,(H,23,24). The molecule has 4 nitrogen and oxygen atoms in total. The Morgan fingerprint density at radius 2 is 1.80 bits per heavy atom. The topological polar surface area (TPSA) is 55.1 Å². The summed E-state index contributed by atoms with van der Waals surface area (Å²) in [5.74, 6) is -1.05. The molecule has 126 valence electrons. The number of hydrogen-bond donors (Lipinski definition) is 1. The van der Waals surface area contributed by atoms with E-state index in [9.17, 15) is 18.0 Å². The highest BCUT2D eigenvalue weighted by Gasteiger charge is 2.30. The van der Waals surface area contributed by atoms with Crippen LogP contribution in [0.4, 0.5) is 13.2 Å². The van der Waals surface area contributed by atoms with Crippen LogP contribution < -0.4 is 0 Å². The number of hydrogen-bond acceptors (Lipinski definition) is 3. The Morgan fingerprint density at radius 3 is 2.44 bits per heavy atom. The molecule has 2 aromatic carbocycles. The van der Waals surface area contributed by atoms with Gasteiger partial charge in [-0.15, -0.1) is 0 Å². The molecule has 0 aliphatic rings. The smallest absolute Gasteiger partial charge is 0.416 e. The molecule has 0 saturated heterocycles. The number of benzene rings is 2. The number of carboxylic acids is 1. The highest BCUT2D eigenvalue weighted by molar-refractivity contribution is 7.04. The van der Waals surface area contributed by atoms with E-state index < -0.39 is 17.7 Å². The zero-order valence-electron chi connectivity index (χ0n) is 12.4. The van der Waals surface area contributed by atoms with E-state index in [1.165, 1.54) is 35.8 Å². The number of nitrogens with zero attached hydrogens (tertiary/aromatic N) is 2. The molecule has 0 aliphatic carbocycles. The van der Waals surface area contributed by atoms with Crippen molar-refractivity contribution in [3.05, 3.63) is 59.0 Å². The first-order valence-electron chi connectivity index (χ1n) is 7.16. The molecule has 4 aromatic rings. The molecule has 0 saturated carbocycles. The molecule has 0 spiro atoms. The van der Waals surface area contributed by atoms with Crippen molar-refractivity contribution < 1.29 is 23.1 Å². The maximum Gasteiger partial charge on any atom is 0.416 e. The highest BCUT2D eigenvalue weighted by atomic mass is 32.1. The lowest BCUT2D eigenvalue weighted by atomic mass is 10.1. The van der Waals surface area contributed by atoms with Crippen molar-refractivity contribution in [1.29, 1.82) is 0 Å². The molecule has 2 heterocycles. The Bertz CT molecular complexity index is 1110. The molecule has 0 unspecified atom stereocenters. The van der Waals surface area contributed by atoms with Crippen molar-refractivity contribution in [2.75, 3.05) is 0 Å². The van der Waals surface area contributed by atoms with E-state index in [2.05, 4.69) is 4.37 Å². The maximum atomic E-state index is 12.8. The van der Waals surface area contributed by atoms with Crippen LogP contribution in [0.25, 0.3) is 27.6 Å². The van der Waals surface area contributed by atoms with Crippen LogP contribution in [0.5, 0.6) is 0 Å². The van der Waals surface area contributed by atoms with E-state index in [1.807, 2.05) is 0 Å². The quantitative estimate of drug-likeness (QED) is 0.548. The largest absolute Gasteiger partial charge is 0.478 e. The van der Waals surface area contributed by atoms with E-state index >= 15 is 0 Å². The molecule has 4 rings (SSSR count). The van der Waals surface area contributed by atoms with Crippen LogP contribution in [-0.2, 0) is 6.18 Å². The van der Waals surface area contributed by atoms with Crippen LogP contribution >= 0.6 is 11.5 Å². The molecule has 0 aliphatic heterocycles. The van der Waals surface area contributed by atoms with Gasteiger partial charge < -0.3 is 9.67 Å². The number of carboxylic acid groups (broad SMARTS) is 1. The first kappa shape index (κ1) is 15.6. The fourth-order valence-corrected chi connectivity index (χ4v) is 3.51. The summed E-state index contributed by atoms with van der Waals surface area (Å²) in [6, 6.07) is 9.47. The van der Waals surface area contributed by atoms with Crippen LogP contribution in [0.15, 0.2) is 47.8 Å². The second kappa shape index (κ2) is 5.32. The number of rotatable bonds is 2. The second-order valence-electron chi connectivity index (χ2n) is 5.47. The average molecular weight is 362 g/mol. The Balaban J connectivity index is 1.97. The van der Waals surface area contributed by atoms with Crippen LogP contribution in [0.2, 0.25) is 0 Å². The molecule has 0 radical (unpaired) electrons. The normalized spacial score (nSPS) is 12.1. The van der Waals surface area contributed by atoms with Gasteiger partial charge in [0.15, 0.2) is 0 Å². The van der Waals surface area contributed by atoms with E-state index in [4.69, 9.17) is 5.11 Å². The zero-order chi connectivity index (χ0) is 17.8. The van der Waals surface area contributed by atoms with Crippen LogP contribution in [0.1, 0.15) is 15.9 Å². The molecular formula is C17H9F3N2O2S. The van der Waals surface area contributed by atoms with Crippen molar-refractivity contribution in [2.24, 2.45) is 0 Å². The first-order chi connectivity index (χ1) is 11.9. The van der Waals surface area contributed by atoms with E-state index in [1.54, 1.807) is 16.0 Å². The molecule has 0 bridgehead atoms. The summed E-state index contributed by atoms with van der Waals surface area (Å²) in [5, 5.41) is 11.6. The number of fused-ring (bicyclic) bond motifs is 3. The van der Waals surface area contributed by atoms with Crippen molar-refractivity contribution in [3.8, 4) is 5.69 Å². The summed E-state index contributed by atoms with van der Waals surface area (Å²) in [5.41, 5.74) is 2.00. The van der Waals surface area contributed by atoms with Crippen LogP contribution in [-0.4, -0.2) is 20.0 Å². The lowest BCUT2D eigenvalue weighted by Gasteiger charge is -2.10. The third-order valence-electron chi connectivity index (χ3n) is 3.98. The van der Waals surface area contributed by atoms with Gasteiger partial charge >= 0.3 is 12.1 Å². The summed E-state index contributed by atoms with van der Waals surface area (Å²) in [7, 11) is 0. The Morgan fingerprint density at radius 1 is 1.08 bits per heavy atom. The summed E-state index contributed by atoms with van der Waals surface area (Å²) >= 11 is 1.21. The van der Waals surface area contributed by atoms with Gasteiger partial charge in [0.05, 0.1) is 22.2 Å². The third kappa shape index (κ3) is 2.45. The van der Waals surface area contributed by atoms with Crippen LogP contribution in [0, 0.1) is 0 Å². The van der Waals surface area contributed by atoms with Gasteiger partial charge in [0, 0.05) is 16.5 Å². The average Bonchev–Trinajstić information content (AvgIpc) is 3.14. The molecule has 0 atom stereocenters. The van der Waals surface area contributed by atoms with Gasteiger partial charge in [-0.25, -0.2) is 4.79 Å². The monoisotopic (exact) mass is 362 g/mol. The molecule has 25 heavy (non-hydrogen) atoms. The van der Waals surface area contributed by atoms with Crippen LogP contribution in [0.3, 0.4) is 0 Å². The van der Waals surface area contributed by atoms with E-state index in [0.29, 0.717) is 22.1 Å². The molecule has 0 amide bonds. The van der Waals surface area contributed by atoms with Gasteiger partial charge in [-0.3, -0.25) is 0 Å². The maximum absolute atomic E-state index is 12.8. The summed E-state index contributed by atoms with van der Waals surface area (Å²) < 4.78 is 44.4. The number of carbonyl (C=O) groups is 1. The summed E-state index contributed by atoms with van der Waals surface area (Å²) in [4.78, 5) is 11.2. The Labute approximate surface area is 142 Å². The second-order valence-corrected chi connectivity index (χ2v) is 6.09. The Hall–Kier alpha value is -2.87. The van der Waals surface area contributed by atoms with Gasteiger partial charge in [0.25, 0.3) is 0 Å². The lowest BCUT2D eigenvalue weighted by molar-refractivity contribution is -0.137. The van der Waals surface area contributed by atoms with Gasteiger partial charge in [-0.2, -0.15) is 17.5 Å². The number of aromatic nitrogens is 2. The van der Waals surface area contributed by atoms with Gasteiger partial charge in [-0.05, 0) is 54.0 Å². The molecule has 2 aromatic heterocycles. The third-order valence-corrected chi connectivity index (χ3v) is 4.60. The van der Waals surface area contributed by atoms with Crippen molar-refractivity contribution >= 4 is 39.4 Å². The minimum Gasteiger partial charge on any atom is -0.478 e. The van der Waals surface area contributed by atoms with Gasteiger partial charge in [0.1, 0.15) is 5.52 Å². The molecular weight excluding hydrogens is 353 g/mol. The Kier molecular flexibility index (Phi) is 3.33. The highest BCUT2D eigenvalue weighted by Crippen LogP contribution is 2.34. The number of alkyl halides is 3. The minimum atomic E-state index is -4.40.